The summed E-state index contributed by atoms with van der Waals surface area (Å²) in [6, 6.07) is 22.4. The lowest BCUT2D eigenvalue weighted by Crippen LogP contribution is -2.40. The van der Waals surface area contributed by atoms with Crippen LogP contribution in [0.1, 0.15) is 77.5 Å². The minimum absolute atomic E-state index is 0.168. The van der Waals surface area contributed by atoms with Gasteiger partial charge in [-0.1, -0.05) is 66.7 Å². The molecular formula is C40H49N3O7S. The number of rotatable bonds is 13. The van der Waals surface area contributed by atoms with E-state index in [0.717, 1.165) is 13.0 Å². The molecule has 3 aromatic rings. The van der Waals surface area contributed by atoms with Gasteiger partial charge in [-0.3, -0.25) is 24.3 Å². The number of likely N-dealkylation sites (tertiary alicyclic amines) is 1. The van der Waals surface area contributed by atoms with E-state index in [2.05, 4.69) is 22.3 Å². The van der Waals surface area contributed by atoms with Crippen molar-refractivity contribution in [2.75, 3.05) is 18.1 Å². The smallest absolute Gasteiger partial charge is 0.328 e. The Balaban J connectivity index is 1.70. The summed E-state index contributed by atoms with van der Waals surface area (Å²) < 4.78 is 11.1. The van der Waals surface area contributed by atoms with Gasteiger partial charge in [-0.15, -0.1) is 11.8 Å². The van der Waals surface area contributed by atoms with Gasteiger partial charge in [0.2, 0.25) is 5.91 Å². The summed E-state index contributed by atoms with van der Waals surface area (Å²) in [7, 11) is 0. The molecule has 1 aliphatic rings. The molecule has 2 atom stereocenters. The first-order chi connectivity index (χ1) is 24.1. The molecule has 1 amide bonds. The minimum atomic E-state index is -1.55. The third-order valence-electron chi connectivity index (χ3n) is 8.13. The van der Waals surface area contributed by atoms with E-state index in [-0.39, 0.29) is 17.7 Å². The summed E-state index contributed by atoms with van der Waals surface area (Å²) in [5.41, 5.74) is 1.13. The first kappa shape index (κ1) is 39.3. The number of aliphatic imine (C=N–C) groups is 1. The zero-order valence-corrected chi connectivity index (χ0v) is 31.3. The average molecular weight is 716 g/mol. The normalized spacial score (nSPS) is 16.1. The maximum Gasteiger partial charge on any atom is 0.328 e. The largest absolute Gasteiger partial charge is 0.480 e. The quantitative estimate of drug-likeness (QED) is 0.0831. The van der Waals surface area contributed by atoms with Crippen molar-refractivity contribution in [2.45, 2.75) is 95.5 Å². The second kappa shape index (κ2) is 17.2. The maximum atomic E-state index is 13.9. The average Bonchev–Trinajstić information content (AvgIpc) is 3.52. The molecule has 0 unspecified atom stereocenters. The topological polar surface area (TPSA) is 135 Å². The van der Waals surface area contributed by atoms with E-state index in [0.29, 0.717) is 29.8 Å². The van der Waals surface area contributed by atoms with Crippen LogP contribution in [0.5, 0.6) is 0 Å². The number of hydrogen-bond acceptors (Lipinski definition) is 9. The monoisotopic (exact) mass is 715 g/mol. The molecule has 3 aromatic carbocycles. The molecule has 4 rings (SSSR count). The van der Waals surface area contributed by atoms with Crippen molar-refractivity contribution in [3.8, 4) is 0 Å². The molecule has 0 aliphatic carbocycles. The third kappa shape index (κ3) is 11.3. The van der Waals surface area contributed by atoms with Crippen LogP contribution in [-0.4, -0.2) is 75.6 Å². The number of hydrogen-bond donors (Lipinski definition) is 2. The van der Waals surface area contributed by atoms with E-state index >= 15 is 0 Å². The number of esters is 2. The predicted octanol–water partition coefficient (Wildman–Crippen LogP) is 6.99. The number of anilines is 1. The van der Waals surface area contributed by atoms with Gasteiger partial charge in [0.25, 0.3) is 0 Å². The second-order valence-electron chi connectivity index (χ2n) is 14.5. The van der Waals surface area contributed by atoms with Crippen LogP contribution in [0.25, 0.3) is 0 Å². The number of carboxylic acids is 1. The first-order valence-electron chi connectivity index (χ1n) is 17.1. The van der Waals surface area contributed by atoms with Gasteiger partial charge < -0.3 is 19.9 Å². The van der Waals surface area contributed by atoms with E-state index < -0.39 is 47.5 Å². The molecule has 0 saturated carbocycles. The van der Waals surface area contributed by atoms with Crippen molar-refractivity contribution in [3.63, 3.8) is 0 Å². The number of para-hydroxylation sites is 1. The van der Waals surface area contributed by atoms with Crippen molar-refractivity contribution in [3.05, 3.63) is 95.6 Å². The zero-order valence-electron chi connectivity index (χ0n) is 30.5. The summed E-state index contributed by atoms with van der Waals surface area (Å²) in [5, 5.41) is 13.6. The number of aliphatic carboxylic acids is 1. The molecule has 1 heterocycles. The Morgan fingerprint density at radius 2 is 1.47 bits per heavy atom. The highest BCUT2D eigenvalue weighted by atomic mass is 32.2. The van der Waals surface area contributed by atoms with Crippen LogP contribution in [0.4, 0.5) is 5.69 Å². The van der Waals surface area contributed by atoms with Crippen molar-refractivity contribution in [1.29, 1.82) is 0 Å². The van der Waals surface area contributed by atoms with Crippen LogP contribution in [0.15, 0.2) is 88.8 Å². The highest BCUT2D eigenvalue weighted by Crippen LogP contribution is 2.29. The van der Waals surface area contributed by atoms with E-state index in [4.69, 9.17) is 14.5 Å². The van der Waals surface area contributed by atoms with Crippen molar-refractivity contribution >= 4 is 47.0 Å². The number of nitrogens with zero attached hydrogens (tertiary/aromatic N) is 2. The molecule has 272 valence electrons. The van der Waals surface area contributed by atoms with Crippen LogP contribution >= 0.6 is 11.8 Å². The number of thioether (sulfide) groups is 1. The van der Waals surface area contributed by atoms with Crippen LogP contribution in [0, 0.1) is 5.92 Å². The summed E-state index contributed by atoms with van der Waals surface area (Å²) in [6.07, 6.45) is 3.13. The summed E-state index contributed by atoms with van der Waals surface area (Å²) >= 11 is 1.68. The summed E-state index contributed by atoms with van der Waals surface area (Å²) in [5.74, 6) is -4.85. The number of carboxylic acid groups (broad SMARTS) is 1. The number of amides is 1. The molecule has 0 spiro atoms. The fourth-order valence-electron chi connectivity index (χ4n) is 5.90. The zero-order chi connectivity index (χ0) is 37.3. The van der Waals surface area contributed by atoms with Gasteiger partial charge in [0, 0.05) is 29.0 Å². The van der Waals surface area contributed by atoms with Gasteiger partial charge in [-0.2, -0.15) is 0 Å². The number of carbonyl (C=O) groups excluding carboxylic acids is 3. The van der Waals surface area contributed by atoms with Gasteiger partial charge in [-0.25, -0.2) is 4.79 Å². The maximum absolute atomic E-state index is 13.9. The molecule has 1 aliphatic heterocycles. The number of nitrogens with one attached hydrogen (secondary N) is 1. The summed E-state index contributed by atoms with van der Waals surface area (Å²) in [6.45, 7) is 11.4. The molecule has 0 radical (unpaired) electrons. The number of benzene rings is 3. The molecule has 1 saturated heterocycles. The first-order valence-corrected chi connectivity index (χ1v) is 18.4. The Kier molecular flexibility index (Phi) is 13.2. The van der Waals surface area contributed by atoms with Crippen LogP contribution in [0.2, 0.25) is 0 Å². The Bertz CT molecular complexity index is 1700. The Hall–Kier alpha value is -4.48. The Labute approximate surface area is 305 Å². The third-order valence-corrected chi connectivity index (χ3v) is 8.97. The van der Waals surface area contributed by atoms with Gasteiger partial charge >= 0.3 is 17.9 Å². The Morgan fingerprint density at radius 3 is 2.08 bits per heavy atom. The molecule has 2 N–H and O–H groups in total. The van der Waals surface area contributed by atoms with Gasteiger partial charge in [0.15, 0.2) is 5.92 Å². The van der Waals surface area contributed by atoms with E-state index in [1.807, 2.05) is 24.5 Å². The molecule has 1 fully saturated rings. The van der Waals surface area contributed by atoms with E-state index in [1.54, 1.807) is 102 Å². The van der Waals surface area contributed by atoms with Crippen LogP contribution < -0.4 is 5.32 Å². The van der Waals surface area contributed by atoms with Crippen molar-refractivity contribution in [2.24, 2.45) is 10.9 Å². The van der Waals surface area contributed by atoms with Gasteiger partial charge in [-0.05, 0) is 84.9 Å². The fourth-order valence-corrected chi connectivity index (χ4v) is 6.51. The molecular weight excluding hydrogens is 667 g/mol. The number of ether oxygens (including phenoxy) is 2. The lowest BCUT2D eigenvalue weighted by Gasteiger charge is -2.27. The predicted molar refractivity (Wildman–Crippen MR) is 200 cm³/mol. The molecule has 10 nitrogen and oxygen atoms in total. The fraction of sp³-hybridized carbons (Fsp3) is 0.425. The Morgan fingerprint density at radius 1 is 0.882 bits per heavy atom. The minimum Gasteiger partial charge on any atom is -0.480 e. The van der Waals surface area contributed by atoms with Crippen LogP contribution in [0.3, 0.4) is 0 Å². The standard InChI is InChI=1S/C40H49N3O7S/c1-39(2,3)49-37(47)29(38(48)50-40(4,5)6)24-31(36(45)46)41-34(26-16-9-8-10-17-26)28-19-12-13-20-30(28)42-35(44)32-21-15-23-43(32)25-27-18-11-14-22-33(27)51-7/h8-14,16-20,22,29,31-32H,15,21,23-25H2,1-7H3,(H,42,44)(H,45,46)/t31-,32-/m0/s1. The highest BCUT2D eigenvalue weighted by Gasteiger charge is 2.39. The van der Waals surface area contributed by atoms with Crippen molar-refractivity contribution < 1.29 is 33.8 Å². The highest BCUT2D eigenvalue weighted by molar-refractivity contribution is 7.98. The number of carbonyl (C=O) groups is 4. The molecule has 0 aromatic heterocycles. The SMILES string of the molecule is CSc1ccccc1CN1CCC[C@H]1C(=O)Nc1ccccc1C(=N[C@@H](CC(C(=O)OC(C)(C)C)C(=O)OC(C)(C)C)C(=O)O)c1ccccc1. The van der Waals surface area contributed by atoms with Crippen molar-refractivity contribution in [1.82, 2.24) is 4.90 Å². The molecule has 11 heteroatoms. The lowest BCUT2D eigenvalue weighted by molar-refractivity contribution is -0.175. The van der Waals surface area contributed by atoms with E-state index in [9.17, 15) is 24.3 Å². The van der Waals surface area contributed by atoms with Crippen LogP contribution in [-0.2, 0) is 35.2 Å². The van der Waals surface area contributed by atoms with E-state index in [1.165, 1.54) is 10.5 Å². The van der Waals surface area contributed by atoms with Gasteiger partial charge in [0.05, 0.1) is 17.4 Å². The molecule has 0 bridgehead atoms. The van der Waals surface area contributed by atoms with Gasteiger partial charge in [0.1, 0.15) is 17.2 Å². The lowest BCUT2D eigenvalue weighted by atomic mass is 9.96. The second-order valence-corrected chi connectivity index (χ2v) is 15.4. The summed E-state index contributed by atoms with van der Waals surface area (Å²) in [4.78, 5) is 61.5. The molecule has 51 heavy (non-hydrogen) atoms.